The Morgan fingerprint density at radius 1 is 1.03 bits per heavy atom. The van der Waals surface area contributed by atoms with Crippen molar-refractivity contribution in [1.29, 1.82) is 0 Å². The van der Waals surface area contributed by atoms with Gasteiger partial charge in [0.05, 0.1) is 5.69 Å². The van der Waals surface area contributed by atoms with Gasteiger partial charge in [0.15, 0.2) is 5.11 Å². The molecule has 8 heteroatoms. The van der Waals surface area contributed by atoms with Crippen molar-refractivity contribution in [3.63, 3.8) is 0 Å². The summed E-state index contributed by atoms with van der Waals surface area (Å²) in [6, 6.07) is 19.8. The van der Waals surface area contributed by atoms with E-state index in [1.807, 2.05) is 6.07 Å². The molecule has 1 saturated heterocycles. The Morgan fingerprint density at radius 3 is 2.50 bits per heavy atom. The molecule has 0 bridgehead atoms. The van der Waals surface area contributed by atoms with Crippen LogP contribution in [0.4, 0.5) is 10.1 Å². The van der Waals surface area contributed by atoms with E-state index in [9.17, 15) is 14.0 Å². The van der Waals surface area contributed by atoms with Crippen molar-refractivity contribution in [2.45, 2.75) is 6.61 Å². The zero-order valence-corrected chi connectivity index (χ0v) is 18.1. The quantitative estimate of drug-likeness (QED) is 0.330. The number of para-hydroxylation sites is 1. The Balaban J connectivity index is 1.68. The SMILES string of the molecule is O=C1NC(=S)N(c2ccccc2)C(=O)C1=Cc1cc(Cl)ccc1OCc1ccccc1F. The summed E-state index contributed by atoms with van der Waals surface area (Å²) in [4.78, 5) is 27.0. The molecule has 3 aromatic rings. The molecular formula is C24H16ClFN2O3S. The average molecular weight is 467 g/mol. The molecule has 1 fully saturated rings. The van der Waals surface area contributed by atoms with E-state index >= 15 is 0 Å². The van der Waals surface area contributed by atoms with E-state index in [2.05, 4.69) is 5.32 Å². The molecule has 2 amide bonds. The summed E-state index contributed by atoms with van der Waals surface area (Å²) in [6.07, 6.45) is 1.39. The van der Waals surface area contributed by atoms with Gasteiger partial charge in [0.1, 0.15) is 23.7 Å². The van der Waals surface area contributed by atoms with Crippen molar-refractivity contribution in [2.24, 2.45) is 0 Å². The molecule has 1 heterocycles. The van der Waals surface area contributed by atoms with Crippen LogP contribution in [0.1, 0.15) is 11.1 Å². The fourth-order valence-corrected chi connectivity index (χ4v) is 3.62. The number of halogens is 2. The minimum atomic E-state index is -0.632. The van der Waals surface area contributed by atoms with Crippen LogP contribution in [0, 0.1) is 5.82 Å². The summed E-state index contributed by atoms with van der Waals surface area (Å²) in [5.41, 5.74) is 1.15. The van der Waals surface area contributed by atoms with Gasteiger partial charge in [0, 0.05) is 16.1 Å². The number of anilines is 1. The lowest BCUT2D eigenvalue weighted by molar-refractivity contribution is -0.122. The Hall–Kier alpha value is -3.55. The van der Waals surface area contributed by atoms with E-state index in [0.29, 0.717) is 27.6 Å². The third-order valence-corrected chi connectivity index (χ3v) is 5.25. The monoisotopic (exact) mass is 466 g/mol. The summed E-state index contributed by atoms with van der Waals surface area (Å²) >= 11 is 11.3. The maximum Gasteiger partial charge on any atom is 0.270 e. The van der Waals surface area contributed by atoms with Gasteiger partial charge in [-0.25, -0.2) is 4.39 Å². The smallest absolute Gasteiger partial charge is 0.270 e. The van der Waals surface area contributed by atoms with E-state index < -0.39 is 17.6 Å². The normalized spacial score (nSPS) is 15.1. The first-order valence-electron chi connectivity index (χ1n) is 9.56. The first kappa shape index (κ1) is 21.7. The number of nitrogens with one attached hydrogen (secondary N) is 1. The highest BCUT2D eigenvalue weighted by Gasteiger charge is 2.34. The number of hydrogen-bond acceptors (Lipinski definition) is 4. The molecule has 0 saturated carbocycles. The third kappa shape index (κ3) is 4.54. The van der Waals surface area contributed by atoms with Crippen LogP contribution < -0.4 is 15.0 Å². The van der Waals surface area contributed by atoms with Crippen LogP contribution in [0.25, 0.3) is 6.08 Å². The zero-order chi connectivity index (χ0) is 22.7. The summed E-state index contributed by atoms with van der Waals surface area (Å²) in [6.45, 7) is -0.0369. The number of amides is 2. The second-order valence-corrected chi connectivity index (χ2v) is 7.68. The molecule has 0 atom stereocenters. The van der Waals surface area contributed by atoms with Gasteiger partial charge in [-0.2, -0.15) is 0 Å². The van der Waals surface area contributed by atoms with E-state index in [1.165, 1.54) is 17.0 Å². The number of thiocarbonyl (C=S) groups is 1. The third-order valence-electron chi connectivity index (χ3n) is 4.73. The van der Waals surface area contributed by atoms with Gasteiger partial charge in [0.25, 0.3) is 11.8 Å². The molecule has 0 aliphatic carbocycles. The molecule has 0 spiro atoms. The van der Waals surface area contributed by atoms with E-state index in [4.69, 9.17) is 28.6 Å². The van der Waals surface area contributed by atoms with Crippen molar-refractivity contribution in [2.75, 3.05) is 4.90 Å². The molecule has 0 aromatic heterocycles. The van der Waals surface area contributed by atoms with Crippen LogP contribution in [-0.4, -0.2) is 16.9 Å². The van der Waals surface area contributed by atoms with E-state index in [1.54, 1.807) is 60.7 Å². The van der Waals surface area contributed by atoms with E-state index in [0.717, 1.165) is 0 Å². The largest absolute Gasteiger partial charge is 0.488 e. The number of benzene rings is 3. The summed E-state index contributed by atoms with van der Waals surface area (Å²) in [5, 5.41) is 2.91. The molecule has 4 rings (SSSR count). The number of carbonyl (C=O) groups is 2. The van der Waals surface area contributed by atoms with Gasteiger partial charge in [-0.05, 0) is 54.7 Å². The minimum Gasteiger partial charge on any atom is -0.488 e. The van der Waals surface area contributed by atoms with Gasteiger partial charge in [-0.15, -0.1) is 0 Å². The molecular weight excluding hydrogens is 451 g/mol. The number of ether oxygens (including phenoxy) is 1. The van der Waals surface area contributed by atoms with Crippen LogP contribution >= 0.6 is 23.8 Å². The highest BCUT2D eigenvalue weighted by Crippen LogP contribution is 2.28. The number of rotatable bonds is 5. The maximum absolute atomic E-state index is 13.9. The molecule has 3 aromatic carbocycles. The predicted molar refractivity (Wildman–Crippen MR) is 125 cm³/mol. The second kappa shape index (κ2) is 9.30. The Morgan fingerprint density at radius 2 is 1.75 bits per heavy atom. The highest BCUT2D eigenvalue weighted by atomic mass is 35.5. The lowest BCUT2D eigenvalue weighted by Crippen LogP contribution is -2.54. The average Bonchev–Trinajstić information content (AvgIpc) is 2.77. The number of carbonyl (C=O) groups excluding carboxylic acids is 2. The summed E-state index contributed by atoms with van der Waals surface area (Å²) < 4.78 is 19.7. The molecule has 0 unspecified atom stereocenters. The van der Waals surface area contributed by atoms with Gasteiger partial charge < -0.3 is 4.74 Å². The Bertz CT molecular complexity index is 1250. The van der Waals surface area contributed by atoms with Crippen molar-refractivity contribution in [3.05, 3.63) is 100 Å². The Kier molecular flexibility index (Phi) is 6.30. The first-order chi connectivity index (χ1) is 15.4. The van der Waals surface area contributed by atoms with Gasteiger partial charge >= 0.3 is 0 Å². The van der Waals surface area contributed by atoms with Crippen molar-refractivity contribution in [1.82, 2.24) is 5.32 Å². The van der Waals surface area contributed by atoms with Gasteiger partial charge in [0.2, 0.25) is 0 Å². The molecule has 5 nitrogen and oxygen atoms in total. The maximum atomic E-state index is 13.9. The topological polar surface area (TPSA) is 58.6 Å². The van der Waals surface area contributed by atoms with Gasteiger partial charge in [-0.3, -0.25) is 19.8 Å². The van der Waals surface area contributed by atoms with Crippen molar-refractivity contribution < 1.29 is 18.7 Å². The van der Waals surface area contributed by atoms with Crippen molar-refractivity contribution >= 4 is 52.5 Å². The Labute approximate surface area is 194 Å². The molecule has 1 aliphatic heterocycles. The standard InChI is InChI=1S/C24H16ClFN2O3S/c25-17-10-11-21(31-14-15-6-4-5-9-20(15)26)16(12-17)13-19-22(29)27-24(32)28(23(19)30)18-7-2-1-3-8-18/h1-13H,14H2,(H,27,29,32). The zero-order valence-electron chi connectivity index (χ0n) is 16.5. The van der Waals surface area contributed by atoms with Crippen LogP contribution in [-0.2, 0) is 16.2 Å². The molecule has 1 aliphatic rings. The molecule has 0 radical (unpaired) electrons. The lowest BCUT2D eigenvalue weighted by Gasteiger charge is -2.29. The fraction of sp³-hybridized carbons (Fsp3) is 0.0417. The fourth-order valence-electron chi connectivity index (χ4n) is 3.16. The van der Waals surface area contributed by atoms with E-state index in [-0.39, 0.29) is 17.3 Å². The van der Waals surface area contributed by atoms with Gasteiger partial charge in [-0.1, -0.05) is 48.0 Å². The van der Waals surface area contributed by atoms with Crippen molar-refractivity contribution in [3.8, 4) is 5.75 Å². The minimum absolute atomic E-state index is 0.00882. The molecule has 160 valence electrons. The second-order valence-electron chi connectivity index (χ2n) is 6.86. The first-order valence-corrected chi connectivity index (χ1v) is 10.3. The molecule has 32 heavy (non-hydrogen) atoms. The number of hydrogen-bond donors (Lipinski definition) is 1. The lowest BCUT2D eigenvalue weighted by atomic mass is 10.1. The van der Waals surface area contributed by atoms with Crippen LogP contribution in [0.15, 0.2) is 78.4 Å². The van der Waals surface area contributed by atoms with Crippen LogP contribution in [0.5, 0.6) is 5.75 Å². The molecule has 1 N–H and O–H groups in total. The van der Waals surface area contributed by atoms with Crippen LogP contribution in [0.3, 0.4) is 0 Å². The number of nitrogens with zero attached hydrogens (tertiary/aromatic N) is 1. The van der Waals surface area contributed by atoms with Crippen LogP contribution in [0.2, 0.25) is 5.02 Å². The predicted octanol–water partition coefficient (Wildman–Crippen LogP) is 4.89. The summed E-state index contributed by atoms with van der Waals surface area (Å²) in [7, 11) is 0. The highest BCUT2D eigenvalue weighted by molar-refractivity contribution is 7.80. The summed E-state index contributed by atoms with van der Waals surface area (Å²) in [5.74, 6) is -1.27.